The van der Waals surface area contributed by atoms with E-state index in [0.29, 0.717) is 74.9 Å². The van der Waals surface area contributed by atoms with Crippen LogP contribution in [0.4, 0.5) is 5.69 Å². The third-order valence-electron chi connectivity index (χ3n) is 8.52. The summed E-state index contributed by atoms with van der Waals surface area (Å²) < 4.78 is 0.640. The van der Waals surface area contributed by atoms with Gasteiger partial charge in [-0.1, -0.05) is 48.5 Å². The molecule has 0 saturated heterocycles. The second-order valence-corrected chi connectivity index (χ2v) is 12.6. The molecule has 13 N–H and O–H groups in total. The third kappa shape index (κ3) is 13.4. The number of nitrogens with one attached hydrogen (secondary N) is 3. The van der Waals surface area contributed by atoms with Gasteiger partial charge in [0, 0.05) is 25.0 Å². The van der Waals surface area contributed by atoms with Crippen molar-refractivity contribution in [2.75, 3.05) is 51.6 Å². The first-order valence-corrected chi connectivity index (χ1v) is 16.9. The lowest BCUT2D eigenvalue weighted by molar-refractivity contribution is -0.907. The molecule has 0 bridgehead atoms. The average molecular weight is 677 g/mol. The largest absolute Gasteiger partial charge is 0.370 e. The van der Waals surface area contributed by atoms with Crippen LogP contribution in [0, 0.1) is 0 Å². The number of quaternary nitrogens is 1. The molecule has 14 heteroatoms. The molecule has 2 aromatic carbocycles. The monoisotopic (exact) mass is 676 g/mol. The molecule has 3 amide bonds. The standard InChI is InChI=1S/C35H53N11O3/c1-46(21-17-36,22-18-37)20-8-14-30(44-32(47)28(38)12-7-19-41-35(39)40)34(49)45-31(16-15-25-9-3-2-4-10-25)33(48)43-27-23-26-11-5-6-13-29(26)42-24-27/h2-6,9-11,13,23-24,28,30-31H,7-8,12,14-22,36-38H2,1H3,(H6-,39,40,41,43,44,45,47,48,49)/p+1/t28-,30?,31-/m0/s1. The van der Waals surface area contributed by atoms with E-state index in [9.17, 15) is 14.4 Å². The molecule has 3 rings (SSSR count). The number of nitrogens with zero attached hydrogens (tertiary/aromatic N) is 3. The highest BCUT2D eigenvalue weighted by atomic mass is 16.2. The van der Waals surface area contributed by atoms with Gasteiger partial charge in [0.15, 0.2) is 5.96 Å². The molecule has 0 aliphatic rings. The molecule has 0 aliphatic carbocycles. The van der Waals surface area contributed by atoms with Crippen molar-refractivity contribution in [2.24, 2.45) is 33.7 Å². The zero-order chi connectivity index (χ0) is 35.6. The van der Waals surface area contributed by atoms with Crippen molar-refractivity contribution in [1.29, 1.82) is 0 Å². The van der Waals surface area contributed by atoms with Gasteiger partial charge >= 0.3 is 0 Å². The Morgan fingerprint density at radius 3 is 2.16 bits per heavy atom. The molecule has 49 heavy (non-hydrogen) atoms. The first-order chi connectivity index (χ1) is 23.5. The summed E-state index contributed by atoms with van der Waals surface area (Å²) in [5.41, 5.74) is 31.0. The fraction of sp³-hybridized carbons (Fsp3) is 0.457. The number of para-hydroxylation sites is 1. The summed E-state index contributed by atoms with van der Waals surface area (Å²) in [6.45, 7) is 3.48. The van der Waals surface area contributed by atoms with E-state index in [0.717, 1.165) is 29.6 Å². The van der Waals surface area contributed by atoms with Crippen LogP contribution in [-0.4, -0.2) is 97.6 Å². The van der Waals surface area contributed by atoms with Crippen molar-refractivity contribution in [3.63, 3.8) is 0 Å². The van der Waals surface area contributed by atoms with Gasteiger partial charge in [-0.15, -0.1) is 0 Å². The van der Waals surface area contributed by atoms with E-state index in [1.165, 1.54) is 0 Å². The van der Waals surface area contributed by atoms with E-state index in [1.54, 1.807) is 6.20 Å². The number of hydrogen-bond acceptors (Lipinski definition) is 8. The Hall–Kier alpha value is -4.63. The maximum absolute atomic E-state index is 13.9. The van der Waals surface area contributed by atoms with Gasteiger partial charge in [0.2, 0.25) is 17.7 Å². The molecule has 0 fully saturated rings. The number of carbonyl (C=O) groups excluding carboxylic acids is 3. The number of hydrogen-bond donors (Lipinski definition) is 8. The van der Waals surface area contributed by atoms with E-state index in [-0.39, 0.29) is 5.96 Å². The van der Waals surface area contributed by atoms with E-state index in [4.69, 9.17) is 28.7 Å². The molecule has 1 aromatic heterocycles. The number of aliphatic imine (C=N–C) groups is 1. The number of nitrogens with two attached hydrogens (primary N) is 5. The lowest BCUT2D eigenvalue weighted by Crippen LogP contribution is -2.55. The molecular weight excluding hydrogens is 622 g/mol. The van der Waals surface area contributed by atoms with Crippen LogP contribution in [0.15, 0.2) is 71.9 Å². The van der Waals surface area contributed by atoms with Gasteiger partial charge in [0.1, 0.15) is 12.1 Å². The van der Waals surface area contributed by atoms with Crippen LogP contribution in [0.3, 0.4) is 0 Å². The van der Waals surface area contributed by atoms with Crippen LogP contribution in [0.25, 0.3) is 10.9 Å². The second kappa shape index (κ2) is 20.0. The number of aryl methyl sites for hydroxylation is 1. The van der Waals surface area contributed by atoms with Gasteiger partial charge in [0.25, 0.3) is 0 Å². The first kappa shape index (κ1) is 38.8. The number of anilines is 1. The lowest BCUT2D eigenvalue weighted by Gasteiger charge is -2.34. The van der Waals surface area contributed by atoms with Crippen molar-refractivity contribution in [2.45, 2.75) is 56.7 Å². The number of guanidine groups is 1. The van der Waals surface area contributed by atoms with Gasteiger partial charge in [-0.05, 0) is 56.2 Å². The Labute approximate surface area is 288 Å². The minimum absolute atomic E-state index is 0.0350. The number of rotatable bonds is 21. The highest BCUT2D eigenvalue weighted by Crippen LogP contribution is 2.17. The molecule has 266 valence electrons. The van der Waals surface area contributed by atoms with Crippen molar-refractivity contribution < 1.29 is 18.9 Å². The molecule has 0 radical (unpaired) electrons. The molecular formula is C35H54N11O3+. The van der Waals surface area contributed by atoms with Crippen LogP contribution in [-0.2, 0) is 20.8 Å². The summed E-state index contributed by atoms with van der Waals surface area (Å²) in [5, 5.41) is 9.58. The zero-order valence-electron chi connectivity index (χ0n) is 28.5. The fourth-order valence-electron chi connectivity index (χ4n) is 5.70. The Morgan fingerprint density at radius 1 is 0.816 bits per heavy atom. The maximum atomic E-state index is 13.9. The molecule has 14 nitrogen and oxygen atoms in total. The fourth-order valence-corrected chi connectivity index (χ4v) is 5.70. The molecule has 1 unspecified atom stereocenters. The van der Waals surface area contributed by atoms with Crippen molar-refractivity contribution >= 4 is 40.3 Å². The van der Waals surface area contributed by atoms with Crippen molar-refractivity contribution in [1.82, 2.24) is 15.6 Å². The van der Waals surface area contributed by atoms with Crippen LogP contribution in [0.1, 0.15) is 37.7 Å². The Bertz CT molecular complexity index is 1510. The van der Waals surface area contributed by atoms with Gasteiger partial charge in [-0.2, -0.15) is 0 Å². The predicted octanol–water partition coefficient (Wildman–Crippen LogP) is 0.301. The number of benzene rings is 2. The zero-order valence-corrected chi connectivity index (χ0v) is 28.5. The van der Waals surface area contributed by atoms with Crippen LogP contribution in [0.2, 0.25) is 0 Å². The lowest BCUT2D eigenvalue weighted by atomic mass is 10.0. The summed E-state index contributed by atoms with van der Waals surface area (Å²) in [7, 11) is 2.07. The number of aromatic nitrogens is 1. The minimum Gasteiger partial charge on any atom is -0.370 e. The summed E-state index contributed by atoms with van der Waals surface area (Å²) in [5.74, 6) is -1.37. The molecule has 3 atom stereocenters. The van der Waals surface area contributed by atoms with E-state index >= 15 is 0 Å². The Morgan fingerprint density at radius 2 is 1.47 bits per heavy atom. The number of likely N-dealkylation sites (N-methyl/N-ethyl adjacent to an activating group) is 1. The average Bonchev–Trinajstić information content (AvgIpc) is 3.08. The highest BCUT2D eigenvalue weighted by molar-refractivity contribution is 5.99. The highest BCUT2D eigenvalue weighted by Gasteiger charge is 2.29. The van der Waals surface area contributed by atoms with Crippen molar-refractivity contribution in [3.8, 4) is 0 Å². The second-order valence-electron chi connectivity index (χ2n) is 12.6. The summed E-state index contributed by atoms with van der Waals surface area (Å²) in [6.07, 6.45) is 4.19. The van der Waals surface area contributed by atoms with E-state index in [1.807, 2.05) is 60.7 Å². The third-order valence-corrected chi connectivity index (χ3v) is 8.52. The number of pyridine rings is 1. The maximum Gasteiger partial charge on any atom is 0.247 e. The van der Waals surface area contributed by atoms with Crippen LogP contribution < -0.4 is 44.6 Å². The quantitative estimate of drug-likeness (QED) is 0.0334. The number of fused-ring (bicyclic) bond motifs is 1. The first-order valence-electron chi connectivity index (χ1n) is 16.9. The van der Waals surface area contributed by atoms with Gasteiger partial charge < -0.3 is 49.1 Å². The molecule has 0 saturated carbocycles. The predicted molar refractivity (Wildman–Crippen MR) is 195 cm³/mol. The topological polar surface area (TPSA) is 243 Å². The molecule has 3 aromatic rings. The Kier molecular flexibility index (Phi) is 15.9. The molecule has 0 spiro atoms. The summed E-state index contributed by atoms with van der Waals surface area (Å²) in [6, 6.07) is 16.4. The Balaban J connectivity index is 1.79. The number of carbonyl (C=O) groups is 3. The summed E-state index contributed by atoms with van der Waals surface area (Å²) >= 11 is 0. The van der Waals surface area contributed by atoms with Gasteiger partial charge in [-0.25, -0.2) is 0 Å². The SMILES string of the molecule is C[N+](CCN)(CCN)CCCC(NC(=O)[C@@H](N)CCCN=C(N)N)C(=O)N[C@@H](CCc1ccccc1)C(=O)Nc1cnc2ccccc2c1. The van der Waals surface area contributed by atoms with Gasteiger partial charge in [-0.3, -0.25) is 24.4 Å². The normalized spacial score (nSPS) is 13.2. The minimum atomic E-state index is -0.935. The molecule has 0 aliphatic heterocycles. The van der Waals surface area contributed by atoms with E-state index in [2.05, 4.69) is 33.0 Å². The summed E-state index contributed by atoms with van der Waals surface area (Å²) in [4.78, 5) is 49.3. The van der Waals surface area contributed by atoms with Crippen molar-refractivity contribution in [3.05, 3.63) is 72.4 Å². The van der Waals surface area contributed by atoms with E-state index < -0.39 is 35.8 Å². The smallest absolute Gasteiger partial charge is 0.247 e. The molecule has 1 heterocycles. The van der Waals surface area contributed by atoms with Crippen LogP contribution >= 0.6 is 0 Å². The number of amides is 3. The van der Waals surface area contributed by atoms with Gasteiger partial charge in [0.05, 0.1) is 50.1 Å². The van der Waals surface area contributed by atoms with Crippen LogP contribution in [0.5, 0.6) is 0 Å².